The molecule has 0 saturated carbocycles. The van der Waals surface area contributed by atoms with Crippen LogP contribution in [0.2, 0.25) is 5.02 Å². The Morgan fingerprint density at radius 2 is 2.00 bits per heavy atom. The van der Waals surface area contributed by atoms with Crippen LogP contribution < -0.4 is 16.0 Å². The van der Waals surface area contributed by atoms with Crippen molar-refractivity contribution in [3.05, 3.63) is 63.5 Å². The molecule has 1 aromatic carbocycles. The first-order valence-electron chi connectivity index (χ1n) is 11.6. The highest BCUT2D eigenvalue weighted by atomic mass is 35.5. The van der Waals surface area contributed by atoms with Crippen LogP contribution in [0.4, 0.5) is 0 Å². The summed E-state index contributed by atoms with van der Waals surface area (Å²) in [4.78, 5) is 36.0. The summed E-state index contributed by atoms with van der Waals surface area (Å²) in [5.41, 5.74) is 7.04. The molecule has 0 atom stereocenters. The third-order valence-electron chi connectivity index (χ3n) is 6.18. The van der Waals surface area contributed by atoms with E-state index in [1.165, 1.54) is 6.07 Å². The minimum atomic E-state index is -0.728. The Kier molecular flexibility index (Phi) is 7.52. The number of ether oxygens (including phenoxy) is 2. The van der Waals surface area contributed by atoms with Gasteiger partial charge in [0, 0.05) is 48.1 Å². The molecule has 1 fully saturated rings. The molecule has 3 aromatic rings. The zero-order valence-corrected chi connectivity index (χ0v) is 20.6. The number of rotatable bonds is 8. The van der Waals surface area contributed by atoms with Crippen LogP contribution in [0.25, 0.3) is 22.6 Å². The molecular weight excluding hydrogens is 468 g/mol. The number of carbonyl (C=O) groups excluding carboxylic acids is 1. The van der Waals surface area contributed by atoms with Crippen LogP contribution in [0.5, 0.6) is 5.88 Å². The average molecular weight is 497 g/mol. The lowest BCUT2D eigenvalue weighted by Gasteiger charge is -2.21. The van der Waals surface area contributed by atoms with Gasteiger partial charge in [0.15, 0.2) is 0 Å². The summed E-state index contributed by atoms with van der Waals surface area (Å²) >= 11 is 6.44. The third-order valence-corrected chi connectivity index (χ3v) is 6.51. The van der Waals surface area contributed by atoms with E-state index in [1.807, 2.05) is 18.2 Å². The molecule has 0 aliphatic carbocycles. The monoisotopic (exact) mass is 496 g/mol. The van der Waals surface area contributed by atoms with Crippen molar-refractivity contribution in [2.24, 2.45) is 17.1 Å². The molecule has 1 saturated heterocycles. The molecule has 3 N–H and O–H groups in total. The molecular formula is C26H29ClN4O4. The fourth-order valence-electron chi connectivity index (χ4n) is 3.93. The molecule has 0 unspecified atom stereocenters. The summed E-state index contributed by atoms with van der Waals surface area (Å²) in [5, 5.41) is 0.431. The largest absolute Gasteiger partial charge is 0.477 e. The molecule has 0 spiro atoms. The van der Waals surface area contributed by atoms with Gasteiger partial charge in [-0.25, -0.2) is 9.97 Å². The molecule has 8 nitrogen and oxygen atoms in total. The maximum absolute atomic E-state index is 12.5. The predicted molar refractivity (Wildman–Crippen MR) is 134 cm³/mol. The smallest absolute Gasteiger partial charge is 0.251 e. The van der Waals surface area contributed by atoms with Crippen LogP contribution in [0.15, 0.2) is 47.4 Å². The Bertz CT molecular complexity index is 1250. The van der Waals surface area contributed by atoms with E-state index in [4.69, 9.17) is 26.8 Å². The minimum Gasteiger partial charge on any atom is -0.477 e. The van der Waals surface area contributed by atoms with Gasteiger partial charge < -0.3 is 20.2 Å². The number of benzene rings is 1. The summed E-state index contributed by atoms with van der Waals surface area (Å²) < 4.78 is 11.2. The SMILES string of the molecule is CC(C)(Cc1ccc(Cl)c(-c2nc(-c3ccc(OCC4CCOCC4)nc3)cc(=O)[nH]2)c1)C(N)=O. The quantitative estimate of drug-likeness (QED) is 0.486. The Hall–Kier alpha value is -3.23. The molecule has 0 radical (unpaired) electrons. The lowest BCUT2D eigenvalue weighted by molar-refractivity contribution is -0.125. The second-order valence-electron chi connectivity index (χ2n) is 9.47. The van der Waals surface area contributed by atoms with Crippen LogP contribution in [0.1, 0.15) is 32.3 Å². The number of halogens is 1. The number of aromatic nitrogens is 3. The van der Waals surface area contributed by atoms with Gasteiger partial charge in [-0.1, -0.05) is 31.5 Å². The number of nitrogens with zero attached hydrogens (tertiary/aromatic N) is 2. The number of amides is 1. The minimum absolute atomic E-state index is 0.316. The van der Waals surface area contributed by atoms with Crippen LogP contribution >= 0.6 is 11.6 Å². The van der Waals surface area contributed by atoms with E-state index < -0.39 is 11.3 Å². The Balaban J connectivity index is 1.56. The van der Waals surface area contributed by atoms with E-state index in [-0.39, 0.29) is 5.56 Å². The fraction of sp³-hybridized carbons (Fsp3) is 0.385. The van der Waals surface area contributed by atoms with Crippen molar-refractivity contribution >= 4 is 17.5 Å². The van der Waals surface area contributed by atoms with Gasteiger partial charge in [0.1, 0.15) is 5.82 Å². The highest BCUT2D eigenvalue weighted by Gasteiger charge is 2.25. The summed E-state index contributed by atoms with van der Waals surface area (Å²) in [5.74, 6) is 0.931. The highest BCUT2D eigenvalue weighted by molar-refractivity contribution is 6.33. The number of hydrogen-bond donors (Lipinski definition) is 2. The van der Waals surface area contributed by atoms with Gasteiger partial charge in [-0.3, -0.25) is 9.59 Å². The predicted octanol–water partition coefficient (Wildman–Crippen LogP) is 4.01. The number of pyridine rings is 1. The van der Waals surface area contributed by atoms with Gasteiger partial charge in [-0.2, -0.15) is 0 Å². The summed E-state index contributed by atoms with van der Waals surface area (Å²) in [6.07, 6.45) is 4.04. The second-order valence-corrected chi connectivity index (χ2v) is 9.88. The third kappa shape index (κ3) is 6.26. The first kappa shape index (κ1) is 24.9. The van der Waals surface area contributed by atoms with E-state index in [1.54, 1.807) is 32.2 Å². The zero-order valence-electron chi connectivity index (χ0n) is 19.8. The van der Waals surface area contributed by atoms with Gasteiger partial charge in [0.2, 0.25) is 11.8 Å². The summed E-state index contributed by atoms with van der Waals surface area (Å²) in [7, 11) is 0. The van der Waals surface area contributed by atoms with Crippen LogP contribution in [-0.4, -0.2) is 40.7 Å². The van der Waals surface area contributed by atoms with Crippen molar-refractivity contribution in [3.8, 4) is 28.5 Å². The molecule has 184 valence electrons. The number of aromatic amines is 1. The number of H-pyrrole nitrogens is 1. The molecule has 4 rings (SSSR count). The van der Waals surface area contributed by atoms with E-state index >= 15 is 0 Å². The second kappa shape index (κ2) is 10.6. The molecule has 9 heteroatoms. The van der Waals surface area contributed by atoms with Gasteiger partial charge >= 0.3 is 0 Å². The van der Waals surface area contributed by atoms with Gasteiger partial charge in [-0.05, 0) is 48.9 Å². The van der Waals surface area contributed by atoms with Crippen molar-refractivity contribution in [1.82, 2.24) is 15.0 Å². The summed E-state index contributed by atoms with van der Waals surface area (Å²) in [6, 6.07) is 10.4. The van der Waals surface area contributed by atoms with Crippen LogP contribution in [-0.2, 0) is 16.0 Å². The molecule has 35 heavy (non-hydrogen) atoms. The zero-order chi connectivity index (χ0) is 25.0. The maximum atomic E-state index is 12.5. The Labute approximate surface area is 208 Å². The maximum Gasteiger partial charge on any atom is 0.251 e. The number of nitrogens with two attached hydrogens (primary N) is 1. The lowest BCUT2D eigenvalue weighted by Crippen LogP contribution is -2.33. The van der Waals surface area contributed by atoms with Crippen molar-refractivity contribution < 1.29 is 14.3 Å². The fourth-order valence-corrected chi connectivity index (χ4v) is 4.13. The first-order chi connectivity index (χ1) is 16.7. The van der Waals surface area contributed by atoms with E-state index in [2.05, 4.69) is 15.0 Å². The normalized spacial score (nSPS) is 14.6. The van der Waals surface area contributed by atoms with E-state index in [0.29, 0.717) is 52.5 Å². The molecule has 1 amide bonds. The molecule has 1 aliphatic heterocycles. The first-order valence-corrected chi connectivity index (χ1v) is 12.0. The van der Waals surface area contributed by atoms with Crippen LogP contribution in [0.3, 0.4) is 0 Å². The Morgan fingerprint density at radius 3 is 2.69 bits per heavy atom. The standard InChI is InChI=1S/C26H29ClN4O4/c1-26(2,25(28)33)13-17-3-5-20(27)19(11-17)24-30-21(12-22(32)31-24)18-4-6-23(29-14-18)35-15-16-7-9-34-10-8-16/h3-6,11-12,14,16H,7-10,13,15H2,1-2H3,(H2,28,33)(H,30,31,32). The number of carbonyl (C=O) groups is 1. The number of nitrogens with one attached hydrogen (secondary N) is 1. The lowest BCUT2D eigenvalue weighted by atomic mass is 9.85. The number of hydrogen-bond acceptors (Lipinski definition) is 6. The Morgan fingerprint density at radius 1 is 1.23 bits per heavy atom. The molecule has 1 aliphatic rings. The van der Waals surface area contributed by atoms with Gasteiger partial charge in [0.05, 0.1) is 17.3 Å². The molecule has 3 heterocycles. The average Bonchev–Trinajstić information content (AvgIpc) is 2.84. The van der Waals surface area contributed by atoms with Crippen molar-refractivity contribution in [1.29, 1.82) is 0 Å². The van der Waals surface area contributed by atoms with Gasteiger partial charge in [-0.15, -0.1) is 0 Å². The van der Waals surface area contributed by atoms with Gasteiger partial charge in [0.25, 0.3) is 5.56 Å². The molecule has 2 aromatic heterocycles. The topological polar surface area (TPSA) is 120 Å². The summed E-state index contributed by atoms with van der Waals surface area (Å²) in [6.45, 7) is 5.71. The highest BCUT2D eigenvalue weighted by Crippen LogP contribution is 2.30. The number of primary amides is 1. The van der Waals surface area contributed by atoms with Crippen molar-refractivity contribution in [3.63, 3.8) is 0 Å². The van der Waals surface area contributed by atoms with E-state index in [9.17, 15) is 9.59 Å². The van der Waals surface area contributed by atoms with E-state index in [0.717, 1.165) is 31.6 Å². The van der Waals surface area contributed by atoms with Crippen LogP contribution in [0, 0.1) is 11.3 Å². The van der Waals surface area contributed by atoms with Crippen molar-refractivity contribution in [2.45, 2.75) is 33.1 Å². The van der Waals surface area contributed by atoms with Crippen molar-refractivity contribution in [2.75, 3.05) is 19.8 Å². The molecule has 0 bridgehead atoms.